The normalized spacial score (nSPS) is 15.8. The average molecular weight is 162 g/mol. The van der Waals surface area contributed by atoms with E-state index in [-0.39, 0.29) is 18.6 Å². The quantitative estimate of drug-likeness (QED) is 0.580. The first-order valence-electron chi connectivity index (χ1n) is 2.56. The molecule has 1 heterocycles. The minimum Gasteiger partial charge on any atom is -0.466 e. The first-order valence-corrected chi connectivity index (χ1v) is 2.56. The second kappa shape index (κ2) is 3.64. The molecule has 1 aliphatic rings. The van der Waals surface area contributed by atoms with Gasteiger partial charge in [0.1, 0.15) is 12.0 Å². The summed E-state index contributed by atoms with van der Waals surface area (Å²) in [6.45, 7) is 3.85. The van der Waals surface area contributed by atoms with Crippen molar-refractivity contribution in [3.8, 4) is 0 Å². The number of hydrogen-bond donors (Lipinski definition) is 1. The van der Waals surface area contributed by atoms with Crippen LogP contribution in [0, 0.1) is 0 Å². The summed E-state index contributed by atoms with van der Waals surface area (Å²) in [7, 11) is 0. The van der Waals surface area contributed by atoms with Crippen molar-refractivity contribution in [1.29, 1.82) is 0 Å². The van der Waals surface area contributed by atoms with E-state index in [1.54, 1.807) is 6.26 Å². The third kappa shape index (κ3) is 2.63. The molecule has 0 aromatic heterocycles. The molecule has 1 rings (SSSR count). The van der Waals surface area contributed by atoms with Crippen molar-refractivity contribution in [2.45, 2.75) is 13.8 Å². The minimum atomic E-state index is 0. The Balaban J connectivity index is 0.000000640. The maximum atomic E-state index is 5.03. The van der Waals surface area contributed by atoms with Crippen LogP contribution in [0.25, 0.3) is 0 Å². The van der Waals surface area contributed by atoms with Crippen molar-refractivity contribution < 1.29 is 23.3 Å². The van der Waals surface area contributed by atoms with Gasteiger partial charge in [-0.2, -0.15) is 0 Å². The Kier molecular flexibility index (Phi) is 3.51. The van der Waals surface area contributed by atoms with E-state index in [0.29, 0.717) is 0 Å². The van der Waals surface area contributed by atoms with Crippen LogP contribution >= 0.6 is 0 Å². The van der Waals surface area contributed by atoms with Gasteiger partial charge in [0.15, 0.2) is 0 Å². The van der Waals surface area contributed by atoms with Gasteiger partial charge in [-0.25, -0.2) is 0 Å². The fraction of sp³-hybridized carbons (Fsp3) is 0.333. The second-order valence-electron chi connectivity index (χ2n) is 1.82. The van der Waals surface area contributed by atoms with Gasteiger partial charge in [-0.05, 0) is 13.8 Å². The number of hydrogen-bond acceptors (Lipinski definition) is 2. The van der Waals surface area contributed by atoms with E-state index in [2.05, 4.69) is 5.32 Å². The van der Waals surface area contributed by atoms with Crippen LogP contribution < -0.4 is 5.32 Å². The van der Waals surface area contributed by atoms with Crippen LogP contribution in [0.2, 0.25) is 0 Å². The fourth-order valence-electron chi connectivity index (χ4n) is 0.465. The van der Waals surface area contributed by atoms with Gasteiger partial charge >= 0.3 is 0 Å². The van der Waals surface area contributed by atoms with E-state index < -0.39 is 0 Å². The molecule has 1 radical (unpaired) electrons. The van der Waals surface area contributed by atoms with Crippen LogP contribution in [0.1, 0.15) is 13.8 Å². The van der Waals surface area contributed by atoms with Crippen molar-refractivity contribution in [1.82, 2.24) is 5.32 Å². The maximum absolute atomic E-state index is 5.03. The standard InChI is InChI=1S/C6H9NO.V/c1-5-4-8-6(2)3-7-5;/h3-4,7H,1-2H3;. The Labute approximate surface area is 66.9 Å². The Morgan fingerprint density at radius 2 is 2.11 bits per heavy atom. The Bertz CT molecular complexity index is 133. The van der Waals surface area contributed by atoms with Crippen molar-refractivity contribution >= 4 is 0 Å². The molecule has 0 aliphatic carbocycles. The van der Waals surface area contributed by atoms with Gasteiger partial charge in [0.05, 0.1) is 0 Å². The average Bonchev–Trinajstić information content (AvgIpc) is 1.77. The van der Waals surface area contributed by atoms with Crippen molar-refractivity contribution in [2.24, 2.45) is 0 Å². The molecule has 0 spiro atoms. The topological polar surface area (TPSA) is 21.3 Å². The van der Waals surface area contributed by atoms with E-state index >= 15 is 0 Å². The van der Waals surface area contributed by atoms with Crippen LogP contribution in [0.4, 0.5) is 0 Å². The molecule has 0 fully saturated rings. The Morgan fingerprint density at radius 3 is 2.44 bits per heavy atom. The summed E-state index contributed by atoms with van der Waals surface area (Å²) < 4.78 is 5.03. The third-order valence-corrected chi connectivity index (χ3v) is 0.925. The van der Waals surface area contributed by atoms with Crippen molar-refractivity contribution in [2.75, 3.05) is 0 Å². The molecule has 0 aromatic rings. The van der Waals surface area contributed by atoms with Crippen LogP contribution in [0.15, 0.2) is 23.9 Å². The fourth-order valence-corrected chi connectivity index (χ4v) is 0.465. The molecular weight excluding hydrogens is 153 g/mol. The van der Waals surface area contributed by atoms with Crippen LogP contribution in [0.5, 0.6) is 0 Å². The minimum absolute atomic E-state index is 0. The first-order chi connectivity index (χ1) is 3.79. The summed E-state index contributed by atoms with van der Waals surface area (Å²) in [6, 6.07) is 0. The molecule has 0 amide bonds. The van der Waals surface area contributed by atoms with Gasteiger partial charge in [-0.3, -0.25) is 0 Å². The monoisotopic (exact) mass is 162 g/mol. The molecule has 9 heavy (non-hydrogen) atoms. The molecule has 1 N–H and O–H groups in total. The summed E-state index contributed by atoms with van der Waals surface area (Å²) in [4.78, 5) is 0. The van der Waals surface area contributed by atoms with E-state index in [9.17, 15) is 0 Å². The number of ether oxygens (including phenoxy) is 1. The summed E-state index contributed by atoms with van der Waals surface area (Å²) in [6.07, 6.45) is 3.52. The van der Waals surface area contributed by atoms with Crippen LogP contribution in [0.3, 0.4) is 0 Å². The largest absolute Gasteiger partial charge is 0.466 e. The molecule has 0 saturated heterocycles. The zero-order chi connectivity index (χ0) is 5.98. The van der Waals surface area contributed by atoms with Crippen LogP contribution in [-0.4, -0.2) is 0 Å². The van der Waals surface area contributed by atoms with Crippen LogP contribution in [-0.2, 0) is 23.3 Å². The molecule has 0 atom stereocenters. The summed E-state index contributed by atoms with van der Waals surface area (Å²) in [5.41, 5.74) is 1.04. The number of allylic oxidation sites excluding steroid dienone is 2. The van der Waals surface area contributed by atoms with Gasteiger partial charge in [-0.15, -0.1) is 0 Å². The van der Waals surface area contributed by atoms with Gasteiger partial charge in [0.2, 0.25) is 0 Å². The second-order valence-corrected chi connectivity index (χ2v) is 1.82. The van der Waals surface area contributed by atoms with E-state index in [0.717, 1.165) is 11.5 Å². The smallest absolute Gasteiger partial charge is 0.116 e. The molecule has 0 bridgehead atoms. The Morgan fingerprint density at radius 1 is 1.44 bits per heavy atom. The summed E-state index contributed by atoms with van der Waals surface area (Å²) in [5.74, 6) is 0.899. The molecular formula is C6H9NOV. The van der Waals surface area contributed by atoms with E-state index in [1.807, 2.05) is 20.0 Å². The van der Waals surface area contributed by atoms with E-state index in [1.165, 1.54) is 0 Å². The van der Waals surface area contributed by atoms with Gasteiger partial charge in [-0.1, -0.05) is 0 Å². The molecule has 0 saturated carbocycles. The number of nitrogens with one attached hydrogen (secondary N) is 1. The number of rotatable bonds is 0. The van der Waals surface area contributed by atoms with Crippen molar-refractivity contribution in [3.05, 3.63) is 23.9 Å². The zero-order valence-corrected chi connectivity index (χ0v) is 6.91. The SMILES string of the molecule is CC1=COC(C)=CN1.[V]. The van der Waals surface area contributed by atoms with Gasteiger partial charge in [0, 0.05) is 30.5 Å². The molecule has 3 heteroatoms. The third-order valence-electron chi connectivity index (χ3n) is 0.925. The van der Waals surface area contributed by atoms with Gasteiger partial charge < -0.3 is 10.1 Å². The molecule has 49 valence electrons. The van der Waals surface area contributed by atoms with Crippen molar-refractivity contribution in [3.63, 3.8) is 0 Å². The van der Waals surface area contributed by atoms with E-state index in [4.69, 9.17) is 4.74 Å². The predicted octanol–water partition coefficient (Wildman–Crippen LogP) is 1.33. The van der Waals surface area contributed by atoms with Gasteiger partial charge in [0.25, 0.3) is 0 Å². The Hall–Kier alpha value is -0.336. The summed E-state index contributed by atoms with van der Waals surface area (Å²) >= 11 is 0. The molecule has 1 aliphatic heterocycles. The molecule has 0 unspecified atom stereocenters. The molecule has 2 nitrogen and oxygen atoms in total. The maximum Gasteiger partial charge on any atom is 0.116 e. The predicted molar refractivity (Wildman–Crippen MR) is 31.7 cm³/mol. The zero-order valence-electron chi connectivity index (χ0n) is 5.51. The molecule has 0 aromatic carbocycles. The summed E-state index contributed by atoms with van der Waals surface area (Å²) in [5, 5.41) is 3.01. The first kappa shape index (κ1) is 8.66.